The molecule has 35 heavy (non-hydrogen) atoms. The third-order valence-corrected chi connectivity index (χ3v) is 8.51. The number of carbonyl (C=O) groups excluding carboxylic acids is 1. The molecule has 0 saturated carbocycles. The Morgan fingerprint density at radius 2 is 1.80 bits per heavy atom. The maximum Gasteiger partial charge on any atom is 0.264 e. The van der Waals surface area contributed by atoms with Crippen LogP contribution in [-0.4, -0.2) is 28.0 Å². The molecule has 1 amide bonds. The summed E-state index contributed by atoms with van der Waals surface area (Å²) in [6.45, 7) is 3.54. The molecule has 184 valence electrons. The van der Waals surface area contributed by atoms with E-state index >= 15 is 0 Å². The van der Waals surface area contributed by atoms with Crippen molar-refractivity contribution >= 4 is 33.2 Å². The fourth-order valence-electron chi connectivity index (χ4n) is 4.37. The SMILES string of the molecule is COc1ccc2c(c1)CCCC2NC(=O)CN(c1ccc(C)c(C)c1)S(=O)(=O)c1ccc(Cl)cc1. The van der Waals surface area contributed by atoms with E-state index in [2.05, 4.69) is 5.32 Å². The van der Waals surface area contributed by atoms with E-state index in [0.717, 1.165) is 51.6 Å². The first-order chi connectivity index (χ1) is 16.7. The van der Waals surface area contributed by atoms with Gasteiger partial charge in [0.2, 0.25) is 5.91 Å². The number of halogens is 1. The summed E-state index contributed by atoms with van der Waals surface area (Å²) in [5.41, 5.74) is 4.60. The van der Waals surface area contributed by atoms with Gasteiger partial charge in [-0.15, -0.1) is 0 Å². The van der Waals surface area contributed by atoms with Crippen LogP contribution in [0.1, 0.15) is 41.1 Å². The monoisotopic (exact) mass is 512 g/mol. The lowest BCUT2D eigenvalue weighted by atomic mass is 9.87. The minimum atomic E-state index is -4.01. The highest BCUT2D eigenvalue weighted by Crippen LogP contribution is 2.32. The van der Waals surface area contributed by atoms with E-state index in [1.165, 1.54) is 24.3 Å². The maximum atomic E-state index is 13.6. The van der Waals surface area contributed by atoms with E-state index in [1.54, 1.807) is 19.2 Å². The number of rotatable bonds is 7. The highest BCUT2D eigenvalue weighted by Gasteiger charge is 2.29. The molecule has 0 saturated heterocycles. The van der Waals surface area contributed by atoms with Crippen LogP contribution in [0, 0.1) is 13.8 Å². The van der Waals surface area contributed by atoms with Gasteiger partial charge in [-0.1, -0.05) is 23.7 Å². The minimum Gasteiger partial charge on any atom is -0.497 e. The number of methoxy groups -OCH3 is 1. The number of aryl methyl sites for hydroxylation is 3. The standard InChI is InChI=1S/C27H29ClN2O4S/c1-18-7-10-22(15-19(18)2)30(35(32,33)24-12-8-21(28)9-13-24)17-27(31)29-26-6-4-5-20-16-23(34-3)11-14-25(20)26/h7-16,26H,4-6,17H2,1-3H3,(H,29,31). The van der Waals surface area contributed by atoms with Gasteiger partial charge < -0.3 is 10.1 Å². The predicted molar refractivity (Wildman–Crippen MR) is 139 cm³/mol. The highest BCUT2D eigenvalue weighted by molar-refractivity contribution is 7.92. The Balaban J connectivity index is 1.63. The van der Waals surface area contributed by atoms with Gasteiger partial charge in [0.25, 0.3) is 10.0 Å². The Kier molecular flexibility index (Phi) is 7.38. The Morgan fingerprint density at radius 3 is 2.49 bits per heavy atom. The summed E-state index contributed by atoms with van der Waals surface area (Å²) in [5, 5.41) is 3.50. The van der Waals surface area contributed by atoms with Crippen LogP contribution in [-0.2, 0) is 21.2 Å². The number of nitrogens with zero attached hydrogens (tertiary/aromatic N) is 1. The molecule has 1 N–H and O–H groups in total. The average molecular weight is 513 g/mol. The Morgan fingerprint density at radius 1 is 1.06 bits per heavy atom. The third-order valence-electron chi connectivity index (χ3n) is 6.47. The van der Waals surface area contributed by atoms with Crippen LogP contribution >= 0.6 is 11.6 Å². The summed E-state index contributed by atoms with van der Waals surface area (Å²) in [6, 6.07) is 17.0. The van der Waals surface area contributed by atoms with Gasteiger partial charge in [-0.2, -0.15) is 0 Å². The maximum absolute atomic E-state index is 13.6. The van der Waals surface area contributed by atoms with Crippen molar-refractivity contribution in [2.24, 2.45) is 0 Å². The first kappa shape index (κ1) is 25.1. The lowest BCUT2D eigenvalue weighted by Gasteiger charge is -2.29. The Labute approximate surface area is 211 Å². The molecule has 3 aromatic rings. The summed E-state index contributed by atoms with van der Waals surface area (Å²) in [6.07, 6.45) is 2.63. The van der Waals surface area contributed by atoms with Crippen molar-refractivity contribution in [3.63, 3.8) is 0 Å². The van der Waals surface area contributed by atoms with Crippen molar-refractivity contribution in [3.8, 4) is 5.75 Å². The van der Waals surface area contributed by atoms with Crippen LogP contribution in [0.25, 0.3) is 0 Å². The summed E-state index contributed by atoms with van der Waals surface area (Å²) in [4.78, 5) is 13.3. The molecule has 1 unspecified atom stereocenters. The Bertz CT molecular complexity index is 1340. The van der Waals surface area contributed by atoms with Crippen LogP contribution in [0.3, 0.4) is 0 Å². The number of fused-ring (bicyclic) bond motifs is 1. The van der Waals surface area contributed by atoms with Gasteiger partial charge in [0.1, 0.15) is 12.3 Å². The molecule has 6 nitrogen and oxygen atoms in total. The van der Waals surface area contributed by atoms with Gasteiger partial charge >= 0.3 is 0 Å². The van der Waals surface area contributed by atoms with Crippen molar-refractivity contribution in [1.82, 2.24) is 5.32 Å². The van der Waals surface area contributed by atoms with Crippen molar-refractivity contribution in [1.29, 1.82) is 0 Å². The molecule has 1 atom stereocenters. The molecule has 0 aliphatic heterocycles. The first-order valence-electron chi connectivity index (χ1n) is 11.5. The second-order valence-corrected chi connectivity index (χ2v) is 11.1. The number of carbonyl (C=O) groups is 1. The Hall–Kier alpha value is -3.03. The first-order valence-corrected chi connectivity index (χ1v) is 13.3. The number of amides is 1. The molecule has 0 bridgehead atoms. The number of nitrogens with one attached hydrogen (secondary N) is 1. The van der Waals surface area contributed by atoms with Gasteiger partial charge in [-0.3, -0.25) is 9.10 Å². The molecular weight excluding hydrogens is 484 g/mol. The van der Waals surface area contributed by atoms with Gasteiger partial charge in [0.15, 0.2) is 0 Å². The molecular formula is C27H29ClN2O4S. The summed E-state index contributed by atoms with van der Waals surface area (Å²) in [5.74, 6) is 0.417. The van der Waals surface area contributed by atoms with E-state index in [-0.39, 0.29) is 23.4 Å². The number of benzene rings is 3. The zero-order chi connectivity index (χ0) is 25.2. The van der Waals surface area contributed by atoms with E-state index < -0.39 is 10.0 Å². The van der Waals surface area contributed by atoms with Crippen LogP contribution < -0.4 is 14.4 Å². The molecule has 4 rings (SSSR count). The van der Waals surface area contributed by atoms with Crippen molar-refractivity contribution in [2.75, 3.05) is 18.0 Å². The lowest BCUT2D eigenvalue weighted by molar-refractivity contribution is -0.120. The van der Waals surface area contributed by atoms with E-state index in [1.807, 2.05) is 38.1 Å². The van der Waals surface area contributed by atoms with Crippen molar-refractivity contribution in [3.05, 3.63) is 87.9 Å². The minimum absolute atomic E-state index is 0.0723. The largest absolute Gasteiger partial charge is 0.497 e. The fraction of sp³-hybridized carbons (Fsp3) is 0.296. The van der Waals surface area contributed by atoms with Crippen molar-refractivity contribution in [2.45, 2.75) is 44.0 Å². The van der Waals surface area contributed by atoms with Crippen LogP contribution in [0.2, 0.25) is 5.02 Å². The summed E-state index contributed by atoms with van der Waals surface area (Å²) in [7, 11) is -2.38. The van der Waals surface area contributed by atoms with E-state index in [9.17, 15) is 13.2 Å². The fourth-order valence-corrected chi connectivity index (χ4v) is 5.91. The van der Waals surface area contributed by atoms with Gasteiger partial charge in [-0.25, -0.2) is 8.42 Å². The van der Waals surface area contributed by atoms with Crippen LogP contribution in [0.15, 0.2) is 65.6 Å². The highest BCUT2D eigenvalue weighted by atomic mass is 35.5. The molecule has 8 heteroatoms. The van der Waals surface area contributed by atoms with Crippen LogP contribution in [0.4, 0.5) is 5.69 Å². The van der Waals surface area contributed by atoms with Gasteiger partial charge in [-0.05, 0) is 104 Å². The zero-order valence-corrected chi connectivity index (χ0v) is 21.6. The van der Waals surface area contributed by atoms with Crippen LogP contribution in [0.5, 0.6) is 5.75 Å². The summed E-state index contributed by atoms with van der Waals surface area (Å²) < 4.78 is 33.7. The number of ether oxygens (including phenoxy) is 1. The lowest BCUT2D eigenvalue weighted by Crippen LogP contribution is -2.42. The second-order valence-electron chi connectivity index (χ2n) is 8.81. The number of hydrogen-bond donors (Lipinski definition) is 1. The van der Waals surface area contributed by atoms with Gasteiger partial charge in [0, 0.05) is 5.02 Å². The molecule has 0 heterocycles. The quantitative estimate of drug-likeness (QED) is 0.462. The smallest absolute Gasteiger partial charge is 0.264 e. The molecule has 0 fully saturated rings. The molecule has 0 radical (unpaired) electrons. The zero-order valence-electron chi connectivity index (χ0n) is 20.0. The molecule has 0 spiro atoms. The van der Waals surface area contributed by atoms with Crippen molar-refractivity contribution < 1.29 is 17.9 Å². The molecule has 1 aliphatic rings. The topological polar surface area (TPSA) is 75.7 Å². The number of hydrogen-bond acceptors (Lipinski definition) is 4. The molecule has 0 aromatic heterocycles. The van der Waals surface area contributed by atoms with Gasteiger partial charge in [0.05, 0.1) is 23.7 Å². The second kappa shape index (κ2) is 10.3. The predicted octanol–water partition coefficient (Wildman–Crippen LogP) is 5.35. The number of anilines is 1. The molecule has 1 aliphatic carbocycles. The van der Waals surface area contributed by atoms with E-state index in [4.69, 9.17) is 16.3 Å². The summed E-state index contributed by atoms with van der Waals surface area (Å²) >= 11 is 5.97. The average Bonchev–Trinajstić information content (AvgIpc) is 2.84. The normalized spacial score (nSPS) is 15.3. The molecule has 3 aromatic carbocycles. The third kappa shape index (κ3) is 5.46. The van der Waals surface area contributed by atoms with E-state index in [0.29, 0.717) is 10.7 Å². The number of sulfonamides is 1.